The molecule has 2 aromatic carbocycles. The maximum atomic E-state index is 13.2. The first-order valence-electron chi connectivity index (χ1n) is 11.5. The molecule has 2 fully saturated rings. The molecule has 0 bridgehead atoms. The van der Waals surface area contributed by atoms with Crippen molar-refractivity contribution < 1.29 is 17.9 Å². The molecule has 2 saturated heterocycles. The molecular weight excluding hydrogens is 497 g/mol. The van der Waals surface area contributed by atoms with Gasteiger partial charge in [0, 0.05) is 44.5 Å². The van der Waals surface area contributed by atoms with E-state index in [1.165, 1.54) is 22.5 Å². The number of para-hydroxylation sites is 1. The van der Waals surface area contributed by atoms with Gasteiger partial charge in [-0.1, -0.05) is 47.8 Å². The van der Waals surface area contributed by atoms with E-state index in [9.17, 15) is 13.2 Å². The Labute approximate surface area is 211 Å². The molecule has 1 amide bonds. The summed E-state index contributed by atoms with van der Waals surface area (Å²) in [4.78, 5) is 16.9. The number of halogens is 2. The number of rotatable bonds is 7. The van der Waals surface area contributed by atoms with Crippen LogP contribution in [0.4, 0.5) is 5.69 Å². The first kappa shape index (κ1) is 25.3. The standard InChI is InChI=1S/C24H29Cl2N3O4S/c25-22-10-9-21(16-23(22)26)34(31,32)29-11-5-4-8-20(29)17-33-18-24(30)28-14-12-27(13-15-28)19-6-2-1-3-7-19/h1-3,6-7,9-10,16,20H,4-5,8,11-15,17-18H2. The second kappa shape index (κ2) is 11.3. The van der Waals surface area contributed by atoms with Crippen molar-refractivity contribution in [3.8, 4) is 0 Å². The highest BCUT2D eigenvalue weighted by Gasteiger charge is 2.34. The number of amides is 1. The van der Waals surface area contributed by atoms with Gasteiger partial charge in [-0.25, -0.2) is 8.42 Å². The molecule has 1 unspecified atom stereocenters. The largest absolute Gasteiger partial charge is 0.370 e. The van der Waals surface area contributed by atoms with Crippen molar-refractivity contribution in [1.29, 1.82) is 0 Å². The SMILES string of the molecule is O=C(COCC1CCCCN1S(=O)(=O)c1ccc(Cl)c(Cl)c1)N1CCN(c2ccccc2)CC1. The Morgan fingerprint density at radius 3 is 2.38 bits per heavy atom. The molecule has 0 radical (unpaired) electrons. The molecule has 4 rings (SSSR count). The minimum Gasteiger partial charge on any atom is -0.370 e. The van der Waals surface area contributed by atoms with E-state index < -0.39 is 10.0 Å². The summed E-state index contributed by atoms with van der Waals surface area (Å²) in [7, 11) is -3.74. The van der Waals surface area contributed by atoms with Gasteiger partial charge >= 0.3 is 0 Å². The molecular formula is C24H29Cl2N3O4S. The van der Waals surface area contributed by atoms with Crippen LogP contribution >= 0.6 is 23.2 Å². The first-order chi connectivity index (χ1) is 16.4. The molecule has 0 N–H and O–H groups in total. The fraction of sp³-hybridized carbons (Fsp3) is 0.458. The van der Waals surface area contributed by atoms with E-state index in [0.29, 0.717) is 31.1 Å². The molecule has 2 aliphatic heterocycles. The Balaban J connectivity index is 1.30. The zero-order valence-electron chi connectivity index (χ0n) is 18.9. The maximum Gasteiger partial charge on any atom is 0.248 e. The van der Waals surface area contributed by atoms with Crippen molar-refractivity contribution >= 4 is 44.8 Å². The number of nitrogens with zero attached hydrogens (tertiary/aromatic N) is 3. The van der Waals surface area contributed by atoms with Gasteiger partial charge in [-0.05, 0) is 43.2 Å². The lowest BCUT2D eigenvalue weighted by Gasteiger charge is -2.36. The number of hydrogen-bond donors (Lipinski definition) is 0. The van der Waals surface area contributed by atoms with E-state index in [0.717, 1.165) is 31.6 Å². The first-order valence-corrected chi connectivity index (χ1v) is 13.7. The number of piperidine rings is 1. The second-order valence-corrected chi connectivity index (χ2v) is 11.3. The number of sulfonamides is 1. The smallest absolute Gasteiger partial charge is 0.248 e. The zero-order chi connectivity index (χ0) is 24.1. The molecule has 184 valence electrons. The molecule has 0 spiro atoms. The third kappa shape index (κ3) is 5.86. The van der Waals surface area contributed by atoms with Crippen LogP contribution in [0, 0.1) is 0 Å². The zero-order valence-corrected chi connectivity index (χ0v) is 21.2. The predicted molar refractivity (Wildman–Crippen MR) is 134 cm³/mol. The molecule has 0 saturated carbocycles. The Bertz CT molecular complexity index is 1090. The van der Waals surface area contributed by atoms with Crippen LogP contribution in [0.5, 0.6) is 0 Å². The minimum absolute atomic E-state index is 0.0531. The van der Waals surface area contributed by atoms with Crippen LogP contribution in [0.1, 0.15) is 19.3 Å². The van der Waals surface area contributed by atoms with Crippen LogP contribution in [0.25, 0.3) is 0 Å². The maximum absolute atomic E-state index is 13.2. The van der Waals surface area contributed by atoms with Gasteiger partial charge in [-0.15, -0.1) is 0 Å². The van der Waals surface area contributed by atoms with E-state index in [2.05, 4.69) is 17.0 Å². The summed E-state index contributed by atoms with van der Waals surface area (Å²) in [5, 5.41) is 0.507. The van der Waals surface area contributed by atoms with E-state index in [1.807, 2.05) is 23.1 Å². The molecule has 0 aliphatic carbocycles. The van der Waals surface area contributed by atoms with Gasteiger partial charge in [-0.2, -0.15) is 4.31 Å². The Morgan fingerprint density at radius 1 is 0.941 bits per heavy atom. The van der Waals surface area contributed by atoms with E-state index in [-0.39, 0.29) is 35.1 Å². The number of carbonyl (C=O) groups is 1. The summed E-state index contributed by atoms with van der Waals surface area (Å²) in [6.45, 7) is 3.35. The lowest BCUT2D eigenvalue weighted by Crippen LogP contribution is -2.50. The fourth-order valence-electron chi connectivity index (χ4n) is 4.46. The van der Waals surface area contributed by atoms with Crippen molar-refractivity contribution in [3.05, 3.63) is 58.6 Å². The summed E-state index contributed by atoms with van der Waals surface area (Å²) >= 11 is 12.0. The molecule has 7 nitrogen and oxygen atoms in total. The minimum atomic E-state index is -3.74. The van der Waals surface area contributed by atoms with Crippen molar-refractivity contribution in [2.45, 2.75) is 30.2 Å². The summed E-state index contributed by atoms with van der Waals surface area (Å²) in [5.41, 5.74) is 1.16. The quantitative estimate of drug-likeness (QED) is 0.548. The molecule has 2 aliphatic rings. The highest BCUT2D eigenvalue weighted by Crippen LogP contribution is 2.30. The lowest BCUT2D eigenvalue weighted by atomic mass is 10.1. The monoisotopic (exact) mass is 525 g/mol. The van der Waals surface area contributed by atoms with Gasteiger partial charge in [-0.3, -0.25) is 4.79 Å². The summed E-state index contributed by atoms with van der Waals surface area (Å²) in [6.07, 6.45) is 2.38. The molecule has 0 aromatic heterocycles. The molecule has 10 heteroatoms. The molecule has 2 heterocycles. The van der Waals surface area contributed by atoms with Gasteiger partial charge < -0.3 is 14.5 Å². The second-order valence-electron chi connectivity index (χ2n) is 8.56. The number of piperazine rings is 1. The van der Waals surface area contributed by atoms with Crippen LogP contribution < -0.4 is 4.90 Å². The van der Waals surface area contributed by atoms with Crippen LogP contribution in [0.2, 0.25) is 10.0 Å². The molecule has 1 atom stereocenters. The van der Waals surface area contributed by atoms with Crippen molar-refractivity contribution in [2.75, 3.05) is 50.8 Å². The number of ether oxygens (including phenoxy) is 1. The van der Waals surface area contributed by atoms with Crippen LogP contribution in [0.3, 0.4) is 0 Å². The Hall–Kier alpha value is -1.84. The number of benzene rings is 2. The number of hydrogen-bond acceptors (Lipinski definition) is 5. The highest BCUT2D eigenvalue weighted by atomic mass is 35.5. The summed E-state index contributed by atoms with van der Waals surface area (Å²) in [5.74, 6) is -0.0672. The van der Waals surface area contributed by atoms with E-state index in [1.54, 1.807) is 0 Å². The average Bonchev–Trinajstić information content (AvgIpc) is 2.86. The Morgan fingerprint density at radius 2 is 1.68 bits per heavy atom. The van der Waals surface area contributed by atoms with Crippen LogP contribution in [0.15, 0.2) is 53.4 Å². The normalized spacial score (nSPS) is 19.9. The average molecular weight is 526 g/mol. The highest BCUT2D eigenvalue weighted by molar-refractivity contribution is 7.89. The summed E-state index contributed by atoms with van der Waals surface area (Å²) in [6, 6.07) is 14.2. The number of carbonyl (C=O) groups excluding carboxylic acids is 1. The topological polar surface area (TPSA) is 70.2 Å². The fourth-order valence-corrected chi connectivity index (χ4v) is 6.52. The van der Waals surface area contributed by atoms with Crippen LogP contribution in [-0.4, -0.2) is 75.5 Å². The van der Waals surface area contributed by atoms with Gasteiger partial charge in [0.2, 0.25) is 15.9 Å². The number of anilines is 1. The summed E-state index contributed by atoms with van der Waals surface area (Å²) < 4.78 is 33.7. The Kier molecular flexibility index (Phi) is 8.37. The molecule has 2 aromatic rings. The van der Waals surface area contributed by atoms with E-state index in [4.69, 9.17) is 27.9 Å². The van der Waals surface area contributed by atoms with Crippen molar-refractivity contribution in [1.82, 2.24) is 9.21 Å². The van der Waals surface area contributed by atoms with Crippen LogP contribution in [-0.2, 0) is 19.6 Å². The van der Waals surface area contributed by atoms with E-state index >= 15 is 0 Å². The van der Waals surface area contributed by atoms with Crippen molar-refractivity contribution in [3.63, 3.8) is 0 Å². The van der Waals surface area contributed by atoms with Gasteiger partial charge in [0.1, 0.15) is 6.61 Å². The van der Waals surface area contributed by atoms with Crippen molar-refractivity contribution in [2.24, 2.45) is 0 Å². The van der Waals surface area contributed by atoms with Gasteiger partial charge in [0.05, 0.1) is 21.5 Å². The lowest BCUT2D eigenvalue weighted by molar-refractivity contribution is -0.137. The predicted octanol–water partition coefficient (Wildman–Crippen LogP) is 3.90. The molecule has 34 heavy (non-hydrogen) atoms. The third-order valence-corrected chi connectivity index (χ3v) is 9.05. The third-order valence-electron chi connectivity index (χ3n) is 6.36. The van der Waals surface area contributed by atoms with Gasteiger partial charge in [0.25, 0.3) is 0 Å². The van der Waals surface area contributed by atoms with Gasteiger partial charge in [0.15, 0.2) is 0 Å².